The third-order valence-corrected chi connectivity index (χ3v) is 6.71. The normalized spacial score (nSPS) is 24.4. The Morgan fingerprint density at radius 2 is 1.76 bits per heavy atom. The number of aryl methyl sites for hydroxylation is 1. The van der Waals surface area contributed by atoms with Gasteiger partial charge in [0.2, 0.25) is 0 Å². The fourth-order valence-electron chi connectivity index (χ4n) is 4.73. The first kappa shape index (κ1) is 23.6. The molecule has 2 amide bonds. The lowest BCUT2D eigenvalue weighted by Gasteiger charge is -2.39. The summed E-state index contributed by atoms with van der Waals surface area (Å²) in [6, 6.07) is 13.1. The standard InChI is InChI=1S/C26H33F2N3O2/c1-18-2-8-22(9-3-18)29-26(32)30-25-23(28)12-15-33-24(25)17-31-13-10-20(11-14-31)16-19-4-6-21(27)7-5-19/h2-9,20,23-25H,10-17H2,1H3,(H2,29,30,32)/t23-,24+,25+/m0/s1. The van der Waals surface area contributed by atoms with Gasteiger partial charge >= 0.3 is 6.03 Å². The molecule has 0 radical (unpaired) electrons. The van der Waals surface area contributed by atoms with Crippen molar-refractivity contribution in [2.24, 2.45) is 5.92 Å². The molecule has 33 heavy (non-hydrogen) atoms. The van der Waals surface area contributed by atoms with Crippen molar-refractivity contribution in [2.75, 3.05) is 31.6 Å². The van der Waals surface area contributed by atoms with Gasteiger partial charge in [-0.1, -0.05) is 29.8 Å². The molecule has 5 nitrogen and oxygen atoms in total. The van der Waals surface area contributed by atoms with Gasteiger partial charge in [0.25, 0.3) is 0 Å². The number of alkyl halides is 1. The van der Waals surface area contributed by atoms with Crippen LogP contribution in [0.2, 0.25) is 0 Å². The summed E-state index contributed by atoms with van der Waals surface area (Å²) in [4.78, 5) is 14.8. The van der Waals surface area contributed by atoms with Gasteiger partial charge in [0.05, 0.1) is 12.1 Å². The van der Waals surface area contributed by atoms with Gasteiger partial charge < -0.3 is 20.3 Å². The van der Waals surface area contributed by atoms with E-state index in [-0.39, 0.29) is 18.3 Å². The first-order chi connectivity index (χ1) is 16.0. The molecule has 178 valence electrons. The van der Waals surface area contributed by atoms with E-state index in [2.05, 4.69) is 15.5 Å². The zero-order chi connectivity index (χ0) is 23.2. The molecule has 0 aromatic heterocycles. The zero-order valence-electron chi connectivity index (χ0n) is 19.1. The quantitative estimate of drug-likeness (QED) is 0.661. The van der Waals surface area contributed by atoms with Crippen LogP contribution in [0, 0.1) is 18.7 Å². The molecule has 0 aliphatic carbocycles. The Kier molecular flexibility index (Phi) is 7.93. The van der Waals surface area contributed by atoms with E-state index in [1.807, 2.05) is 43.3 Å². The van der Waals surface area contributed by atoms with Gasteiger partial charge in [-0.15, -0.1) is 0 Å². The third-order valence-electron chi connectivity index (χ3n) is 6.71. The van der Waals surface area contributed by atoms with Gasteiger partial charge in [-0.25, -0.2) is 13.6 Å². The number of rotatable bonds is 6. The molecule has 2 aliphatic rings. The monoisotopic (exact) mass is 457 g/mol. The summed E-state index contributed by atoms with van der Waals surface area (Å²) < 4.78 is 33.8. The van der Waals surface area contributed by atoms with Crippen molar-refractivity contribution >= 4 is 11.7 Å². The molecule has 0 spiro atoms. The molecule has 0 unspecified atom stereocenters. The first-order valence-corrected chi connectivity index (χ1v) is 11.8. The van der Waals surface area contributed by atoms with E-state index >= 15 is 0 Å². The number of anilines is 1. The second kappa shape index (κ2) is 11.1. The predicted molar refractivity (Wildman–Crippen MR) is 126 cm³/mol. The largest absolute Gasteiger partial charge is 0.375 e. The second-order valence-electron chi connectivity index (χ2n) is 9.28. The fraction of sp³-hybridized carbons (Fsp3) is 0.500. The SMILES string of the molecule is Cc1ccc(NC(=O)N[C@@H]2[C@@H](F)CCO[C@@H]2CN2CCC(Cc3ccc(F)cc3)CC2)cc1. The fourth-order valence-corrected chi connectivity index (χ4v) is 4.73. The highest BCUT2D eigenvalue weighted by Gasteiger charge is 2.37. The Hall–Kier alpha value is -2.51. The molecule has 0 bridgehead atoms. The number of likely N-dealkylation sites (tertiary alicyclic amines) is 1. The average molecular weight is 458 g/mol. The van der Waals surface area contributed by atoms with E-state index in [1.54, 1.807) is 0 Å². The predicted octanol–water partition coefficient (Wildman–Crippen LogP) is 4.71. The summed E-state index contributed by atoms with van der Waals surface area (Å²) in [6.45, 7) is 4.76. The van der Waals surface area contributed by atoms with Gasteiger partial charge in [-0.05, 0) is 75.0 Å². The van der Waals surface area contributed by atoms with Crippen LogP contribution < -0.4 is 10.6 Å². The van der Waals surface area contributed by atoms with Crippen molar-refractivity contribution in [3.8, 4) is 0 Å². The van der Waals surface area contributed by atoms with Gasteiger partial charge in [-0.2, -0.15) is 0 Å². The van der Waals surface area contributed by atoms with E-state index in [1.165, 1.54) is 12.1 Å². The summed E-state index contributed by atoms with van der Waals surface area (Å²) in [7, 11) is 0. The molecule has 2 fully saturated rings. The van der Waals surface area contributed by atoms with Crippen LogP contribution >= 0.6 is 0 Å². The van der Waals surface area contributed by atoms with Gasteiger partial charge in [0.15, 0.2) is 0 Å². The van der Waals surface area contributed by atoms with Crippen molar-refractivity contribution in [2.45, 2.75) is 50.9 Å². The van der Waals surface area contributed by atoms with Crippen molar-refractivity contribution in [1.29, 1.82) is 0 Å². The minimum Gasteiger partial charge on any atom is -0.375 e. The maximum Gasteiger partial charge on any atom is 0.319 e. The molecule has 2 N–H and O–H groups in total. The number of nitrogens with zero attached hydrogens (tertiary/aromatic N) is 1. The number of nitrogens with one attached hydrogen (secondary N) is 2. The Morgan fingerprint density at radius 3 is 2.45 bits per heavy atom. The summed E-state index contributed by atoms with van der Waals surface area (Å²) >= 11 is 0. The van der Waals surface area contributed by atoms with Crippen LogP contribution in [0.15, 0.2) is 48.5 Å². The molecule has 2 aliphatic heterocycles. The molecule has 2 saturated heterocycles. The van der Waals surface area contributed by atoms with E-state index in [9.17, 15) is 13.6 Å². The Balaban J connectivity index is 1.27. The highest BCUT2D eigenvalue weighted by atomic mass is 19.1. The lowest BCUT2D eigenvalue weighted by molar-refractivity contribution is -0.0590. The van der Waals surface area contributed by atoms with Crippen LogP contribution in [0.25, 0.3) is 0 Å². The van der Waals surface area contributed by atoms with E-state index < -0.39 is 18.2 Å². The number of benzene rings is 2. The number of hydrogen-bond acceptors (Lipinski definition) is 3. The van der Waals surface area contributed by atoms with E-state index in [0.29, 0.717) is 24.8 Å². The topological polar surface area (TPSA) is 53.6 Å². The molecule has 4 rings (SSSR count). The number of halogens is 2. The van der Waals surface area contributed by atoms with Crippen LogP contribution in [-0.2, 0) is 11.2 Å². The lowest BCUT2D eigenvalue weighted by atomic mass is 9.89. The highest BCUT2D eigenvalue weighted by molar-refractivity contribution is 5.89. The summed E-state index contributed by atoms with van der Waals surface area (Å²) in [5.41, 5.74) is 2.94. The van der Waals surface area contributed by atoms with Crippen LogP contribution in [-0.4, -0.2) is 55.5 Å². The lowest BCUT2D eigenvalue weighted by Crippen LogP contribution is -2.58. The number of hydrogen-bond donors (Lipinski definition) is 2. The van der Waals surface area contributed by atoms with Gasteiger partial charge in [-0.3, -0.25) is 0 Å². The molecule has 2 aromatic rings. The summed E-state index contributed by atoms with van der Waals surface area (Å²) in [6.07, 6.45) is 1.79. The smallest absolute Gasteiger partial charge is 0.319 e. The summed E-state index contributed by atoms with van der Waals surface area (Å²) in [5, 5.41) is 5.59. The Bertz CT molecular complexity index is 899. The average Bonchev–Trinajstić information content (AvgIpc) is 2.80. The molecular weight excluding hydrogens is 424 g/mol. The van der Waals surface area contributed by atoms with Crippen molar-refractivity contribution < 1.29 is 18.3 Å². The second-order valence-corrected chi connectivity index (χ2v) is 9.28. The number of piperidine rings is 1. The Labute approximate surface area is 194 Å². The van der Waals surface area contributed by atoms with Crippen molar-refractivity contribution in [1.82, 2.24) is 10.2 Å². The molecule has 2 aromatic carbocycles. The molecule has 3 atom stereocenters. The molecule has 7 heteroatoms. The summed E-state index contributed by atoms with van der Waals surface area (Å²) in [5.74, 6) is 0.352. The van der Waals surface area contributed by atoms with Crippen LogP contribution in [0.3, 0.4) is 0 Å². The van der Waals surface area contributed by atoms with Crippen LogP contribution in [0.1, 0.15) is 30.4 Å². The molecule has 2 heterocycles. The van der Waals surface area contributed by atoms with Gasteiger partial charge in [0.1, 0.15) is 12.0 Å². The maximum absolute atomic E-state index is 14.8. The first-order valence-electron chi connectivity index (χ1n) is 11.8. The number of urea groups is 1. The minimum atomic E-state index is -1.14. The maximum atomic E-state index is 14.8. The zero-order valence-corrected chi connectivity index (χ0v) is 19.1. The number of amides is 2. The minimum absolute atomic E-state index is 0.206. The third kappa shape index (κ3) is 6.74. The Morgan fingerprint density at radius 1 is 1.06 bits per heavy atom. The van der Waals surface area contributed by atoms with Gasteiger partial charge in [0, 0.05) is 25.3 Å². The highest BCUT2D eigenvalue weighted by Crippen LogP contribution is 2.25. The molecular formula is C26H33F2N3O2. The number of ether oxygens (including phenoxy) is 1. The number of carbonyl (C=O) groups is 1. The van der Waals surface area contributed by atoms with Crippen molar-refractivity contribution in [3.63, 3.8) is 0 Å². The van der Waals surface area contributed by atoms with E-state index in [4.69, 9.17) is 4.74 Å². The van der Waals surface area contributed by atoms with Crippen LogP contribution in [0.4, 0.5) is 19.3 Å². The van der Waals surface area contributed by atoms with Crippen LogP contribution in [0.5, 0.6) is 0 Å². The molecule has 0 saturated carbocycles. The number of carbonyl (C=O) groups excluding carboxylic acids is 1. The van der Waals surface area contributed by atoms with Crippen molar-refractivity contribution in [3.05, 3.63) is 65.5 Å². The van der Waals surface area contributed by atoms with E-state index in [0.717, 1.165) is 43.5 Å².